The van der Waals surface area contributed by atoms with Crippen LogP contribution in [-0.4, -0.2) is 12.6 Å². The van der Waals surface area contributed by atoms with Crippen LogP contribution in [0.25, 0.3) is 0 Å². The molecule has 1 atom stereocenters. The summed E-state index contributed by atoms with van der Waals surface area (Å²) in [5.41, 5.74) is 7.46. The van der Waals surface area contributed by atoms with Gasteiger partial charge in [-0.1, -0.05) is 12.8 Å². The third kappa shape index (κ3) is 2.97. The molecule has 0 bridgehead atoms. The first-order chi connectivity index (χ1) is 8.20. The predicted octanol–water partition coefficient (Wildman–Crippen LogP) is 3.05. The van der Waals surface area contributed by atoms with Gasteiger partial charge in [0.2, 0.25) is 0 Å². The second kappa shape index (κ2) is 5.50. The van der Waals surface area contributed by atoms with E-state index in [1.165, 1.54) is 31.7 Å². The Balaban J connectivity index is 2.27. The maximum Gasteiger partial charge on any atom is 0.125 e. The van der Waals surface area contributed by atoms with Gasteiger partial charge >= 0.3 is 0 Å². The normalized spacial score (nSPS) is 21.4. The Bertz CT molecular complexity index is 378. The van der Waals surface area contributed by atoms with Crippen molar-refractivity contribution in [3.63, 3.8) is 0 Å². The van der Waals surface area contributed by atoms with Crippen LogP contribution < -0.4 is 10.6 Å². The van der Waals surface area contributed by atoms with E-state index in [-0.39, 0.29) is 5.82 Å². The van der Waals surface area contributed by atoms with Gasteiger partial charge in [-0.3, -0.25) is 0 Å². The zero-order valence-electron chi connectivity index (χ0n) is 10.5. The van der Waals surface area contributed by atoms with Crippen LogP contribution in [0.15, 0.2) is 18.2 Å². The average Bonchev–Trinajstić information content (AvgIpc) is 2.53. The smallest absolute Gasteiger partial charge is 0.125 e. The summed E-state index contributed by atoms with van der Waals surface area (Å²) in [4.78, 5) is 2.31. The highest BCUT2D eigenvalue weighted by molar-refractivity contribution is 5.50. The summed E-state index contributed by atoms with van der Waals surface area (Å²) in [6.45, 7) is 3.64. The lowest BCUT2D eigenvalue weighted by Crippen LogP contribution is -2.32. The van der Waals surface area contributed by atoms with Gasteiger partial charge in [0.15, 0.2) is 0 Å². The Morgan fingerprint density at radius 2 is 2.12 bits per heavy atom. The summed E-state index contributed by atoms with van der Waals surface area (Å²) in [6, 6.07) is 5.66. The zero-order chi connectivity index (χ0) is 12.3. The molecule has 0 saturated carbocycles. The van der Waals surface area contributed by atoms with E-state index in [9.17, 15) is 4.39 Å². The van der Waals surface area contributed by atoms with Gasteiger partial charge in [0.25, 0.3) is 0 Å². The molecule has 1 fully saturated rings. The van der Waals surface area contributed by atoms with E-state index in [0.717, 1.165) is 17.8 Å². The molecule has 3 heteroatoms. The molecule has 0 radical (unpaired) electrons. The van der Waals surface area contributed by atoms with Gasteiger partial charge in [0.1, 0.15) is 5.82 Å². The van der Waals surface area contributed by atoms with Crippen molar-refractivity contribution in [2.24, 2.45) is 5.73 Å². The lowest BCUT2D eigenvalue weighted by molar-refractivity contribution is 0.604. The van der Waals surface area contributed by atoms with Crippen LogP contribution in [0, 0.1) is 5.82 Å². The molecule has 0 aromatic heterocycles. The molecule has 2 rings (SSSR count). The highest BCUT2D eigenvalue weighted by Gasteiger charge is 2.18. The molecule has 1 saturated heterocycles. The lowest BCUT2D eigenvalue weighted by atomic mass is 10.1. The second-order valence-corrected chi connectivity index (χ2v) is 4.91. The van der Waals surface area contributed by atoms with Gasteiger partial charge in [-0.25, -0.2) is 4.39 Å². The molecule has 0 amide bonds. The lowest BCUT2D eigenvalue weighted by Gasteiger charge is -2.29. The molecule has 1 aliphatic rings. The van der Waals surface area contributed by atoms with Crippen molar-refractivity contribution in [3.05, 3.63) is 29.6 Å². The third-order valence-electron chi connectivity index (χ3n) is 3.56. The fourth-order valence-corrected chi connectivity index (χ4v) is 2.58. The molecule has 94 valence electrons. The number of hydrogen-bond donors (Lipinski definition) is 1. The van der Waals surface area contributed by atoms with Gasteiger partial charge in [-0.2, -0.15) is 0 Å². The van der Waals surface area contributed by atoms with Gasteiger partial charge in [-0.05, 0) is 43.5 Å². The highest BCUT2D eigenvalue weighted by atomic mass is 19.1. The SMILES string of the molecule is CC1CCCCCN1c1cc(F)cc(CN)c1. The van der Waals surface area contributed by atoms with Crippen LogP contribution in [0.2, 0.25) is 0 Å². The predicted molar refractivity (Wildman–Crippen MR) is 69.6 cm³/mol. The van der Waals surface area contributed by atoms with E-state index in [1.54, 1.807) is 6.07 Å². The molecule has 0 spiro atoms. The Labute approximate surface area is 103 Å². The maximum absolute atomic E-state index is 13.5. The molecular formula is C14H21FN2. The molecule has 1 aliphatic heterocycles. The molecule has 1 unspecified atom stereocenters. The fraction of sp³-hybridized carbons (Fsp3) is 0.571. The summed E-state index contributed by atoms with van der Waals surface area (Å²) < 4.78 is 13.5. The Kier molecular flexibility index (Phi) is 4.00. The van der Waals surface area contributed by atoms with Crippen LogP contribution in [0.5, 0.6) is 0 Å². The summed E-state index contributed by atoms with van der Waals surface area (Å²) in [5, 5.41) is 0. The van der Waals surface area contributed by atoms with Crippen molar-refractivity contribution < 1.29 is 4.39 Å². The largest absolute Gasteiger partial charge is 0.369 e. The van der Waals surface area contributed by atoms with Crippen LogP contribution in [0.1, 0.15) is 38.2 Å². The highest BCUT2D eigenvalue weighted by Crippen LogP contribution is 2.25. The number of rotatable bonds is 2. The monoisotopic (exact) mass is 236 g/mol. The van der Waals surface area contributed by atoms with Crippen LogP contribution >= 0.6 is 0 Å². The first kappa shape index (κ1) is 12.4. The van der Waals surface area contributed by atoms with Crippen molar-refractivity contribution in [3.8, 4) is 0 Å². The van der Waals surface area contributed by atoms with E-state index in [4.69, 9.17) is 5.73 Å². The first-order valence-electron chi connectivity index (χ1n) is 6.47. The fourth-order valence-electron chi connectivity index (χ4n) is 2.58. The van der Waals surface area contributed by atoms with Crippen molar-refractivity contribution >= 4 is 5.69 Å². The quantitative estimate of drug-likeness (QED) is 0.855. The number of benzene rings is 1. The number of nitrogens with two attached hydrogens (primary N) is 1. The summed E-state index contributed by atoms with van der Waals surface area (Å²) in [7, 11) is 0. The number of halogens is 1. The van der Waals surface area contributed by atoms with Crippen LogP contribution in [0.3, 0.4) is 0 Å². The second-order valence-electron chi connectivity index (χ2n) is 4.91. The van der Waals surface area contributed by atoms with Crippen molar-refractivity contribution in [2.75, 3.05) is 11.4 Å². The average molecular weight is 236 g/mol. The zero-order valence-corrected chi connectivity index (χ0v) is 10.5. The Hall–Kier alpha value is -1.09. The molecule has 1 aromatic carbocycles. The van der Waals surface area contributed by atoms with E-state index < -0.39 is 0 Å². The van der Waals surface area contributed by atoms with Gasteiger partial charge in [0, 0.05) is 24.8 Å². The molecule has 2 N–H and O–H groups in total. The van der Waals surface area contributed by atoms with Gasteiger partial charge < -0.3 is 10.6 Å². The van der Waals surface area contributed by atoms with Crippen LogP contribution in [0.4, 0.5) is 10.1 Å². The Morgan fingerprint density at radius 1 is 1.29 bits per heavy atom. The standard InChI is InChI=1S/C14H21FN2/c1-11-5-3-2-4-6-17(11)14-8-12(10-16)7-13(15)9-14/h7-9,11H,2-6,10,16H2,1H3. The molecule has 17 heavy (non-hydrogen) atoms. The molecule has 0 aliphatic carbocycles. The van der Waals surface area contributed by atoms with Gasteiger partial charge in [0.05, 0.1) is 0 Å². The van der Waals surface area contributed by atoms with E-state index in [1.807, 2.05) is 6.07 Å². The van der Waals surface area contributed by atoms with Crippen molar-refractivity contribution in [1.29, 1.82) is 0 Å². The Morgan fingerprint density at radius 3 is 2.88 bits per heavy atom. The van der Waals surface area contributed by atoms with Crippen molar-refractivity contribution in [2.45, 2.75) is 45.2 Å². The maximum atomic E-state index is 13.5. The third-order valence-corrected chi connectivity index (χ3v) is 3.56. The molecule has 2 nitrogen and oxygen atoms in total. The molecular weight excluding hydrogens is 215 g/mol. The minimum atomic E-state index is -0.181. The summed E-state index contributed by atoms with van der Waals surface area (Å²) >= 11 is 0. The van der Waals surface area contributed by atoms with E-state index in [0.29, 0.717) is 12.6 Å². The van der Waals surface area contributed by atoms with E-state index >= 15 is 0 Å². The van der Waals surface area contributed by atoms with Crippen molar-refractivity contribution in [1.82, 2.24) is 0 Å². The summed E-state index contributed by atoms with van der Waals surface area (Å²) in [5.74, 6) is -0.181. The number of nitrogens with zero attached hydrogens (tertiary/aromatic N) is 1. The number of hydrogen-bond acceptors (Lipinski definition) is 2. The first-order valence-corrected chi connectivity index (χ1v) is 6.47. The van der Waals surface area contributed by atoms with Gasteiger partial charge in [-0.15, -0.1) is 0 Å². The minimum Gasteiger partial charge on any atom is -0.369 e. The molecule has 1 heterocycles. The minimum absolute atomic E-state index is 0.181. The molecule has 1 aromatic rings. The van der Waals surface area contributed by atoms with E-state index in [2.05, 4.69) is 11.8 Å². The summed E-state index contributed by atoms with van der Waals surface area (Å²) in [6.07, 6.45) is 4.93. The topological polar surface area (TPSA) is 29.3 Å². The van der Waals surface area contributed by atoms with Crippen LogP contribution in [-0.2, 0) is 6.54 Å². The number of anilines is 1.